The molecule has 4 aromatic heterocycles. The molecule has 0 aromatic carbocycles. The molecule has 344 valence electrons. The Kier molecular flexibility index (Phi) is 24.5. The van der Waals surface area contributed by atoms with Crippen LogP contribution in [0.1, 0.15) is 162 Å². The summed E-state index contributed by atoms with van der Waals surface area (Å²) in [6, 6.07) is 1.84. The second-order valence-corrected chi connectivity index (χ2v) is 15.5. The molecule has 0 aliphatic rings. The van der Waals surface area contributed by atoms with Crippen LogP contribution >= 0.6 is 0 Å². The number of ether oxygens (including phenoxy) is 3. The Morgan fingerprint density at radius 2 is 0.787 bits per heavy atom. The molecule has 0 saturated heterocycles. The quantitative estimate of drug-likeness (QED) is 0.103. The number of hydrogen-bond acceptors (Lipinski definition) is 15. The maximum absolute atomic E-state index is 11.4. The Morgan fingerprint density at radius 3 is 1.00 bits per heavy atom. The number of aryl methyl sites for hydroxylation is 4. The predicted octanol–water partition coefficient (Wildman–Crippen LogP) is 9.84. The topological polar surface area (TPSA) is 220 Å². The van der Waals surface area contributed by atoms with Gasteiger partial charge in [-0.1, -0.05) is 96.3 Å². The molecule has 0 aliphatic carbocycles. The second kappa shape index (κ2) is 26.8. The smallest absolute Gasteiger partial charge is 0.309 e. The lowest BCUT2D eigenvalue weighted by Crippen LogP contribution is -2.19. The fourth-order valence-electron chi connectivity index (χ4n) is 5.53. The van der Waals surface area contributed by atoms with Crippen molar-refractivity contribution in [2.24, 2.45) is 23.7 Å². The Labute approximate surface area is 361 Å². The first kappa shape index (κ1) is 55.7. The number of carboxylic acid groups (broad SMARTS) is 1. The molecule has 0 bridgehead atoms. The average molecular weight is 861 g/mol. The molecule has 8 unspecified atom stereocenters. The molecular weight excluding hydrogens is 789 g/mol. The van der Waals surface area contributed by atoms with Crippen LogP contribution in [0.15, 0.2) is 24.2 Å². The zero-order chi connectivity index (χ0) is 47.5. The summed E-state index contributed by atoms with van der Waals surface area (Å²) in [7, 11) is 4.18. The first-order chi connectivity index (χ1) is 28.4. The molecule has 16 nitrogen and oxygen atoms in total. The zero-order valence-corrected chi connectivity index (χ0v) is 40.1. The standard InChI is InChI=1S/2C11H17NO3.2C10H15NO3.C3H8/c2*1-6(7(2)11(13)14-5)10-8(3)9(4)15-12-10;1-6-5-9(11-14-6)7(2)8(3)10(12)13-4;1-5(6(2)10(12)13)9-7(3)8(4)14-11-9;1-3-2/h2*6-7H,1-5H3;5,7-8H,1-4H3;5-6H,1-4H3,(H,12,13);3H2,1-2H3. The number of carbonyl (C=O) groups is 4. The molecule has 16 heteroatoms. The van der Waals surface area contributed by atoms with E-state index in [0.717, 1.165) is 62.5 Å². The van der Waals surface area contributed by atoms with E-state index < -0.39 is 11.9 Å². The monoisotopic (exact) mass is 861 g/mol. The van der Waals surface area contributed by atoms with Crippen LogP contribution in [0.2, 0.25) is 0 Å². The van der Waals surface area contributed by atoms with Crippen molar-refractivity contribution in [1.82, 2.24) is 20.6 Å². The Morgan fingerprint density at radius 1 is 0.508 bits per heavy atom. The Balaban J connectivity index is 0.000000769. The second-order valence-electron chi connectivity index (χ2n) is 15.5. The van der Waals surface area contributed by atoms with Gasteiger partial charge in [-0.2, -0.15) is 0 Å². The molecule has 0 spiro atoms. The van der Waals surface area contributed by atoms with Crippen LogP contribution in [0, 0.1) is 72.1 Å². The van der Waals surface area contributed by atoms with Crippen molar-refractivity contribution in [2.45, 2.75) is 148 Å². The number of aliphatic carboxylic acids is 1. The number of carbonyl (C=O) groups excluding carboxylic acids is 3. The molecule has 1 N–H and O–H groups in total. The third kappa shape index (κ3) is 16.3. The van der Waals surface area contributed by atoms with Gasteiger partial charge in [0.2, 0.25) is 0 Å². The Bertz CT molecular complexity index is 1870. The highest BCUT2D eigenvalue weighted by atomic mass is 16.5. The Hall–Kier alpha value is -5.28. The highest BCUT2D eigenvalue weighted by molar-refractivity contribution is 5.74. The summed E-state index contributed by atoms with van der Waals surface area (Å²) in [4.78, 5) is 44.8. The van der Waals surface area contributed by atoms with Crippen molar-refractivity contribution >= 4 is 23.9 Å². The van der Waals surface area contributed by atoms with Gasteiger partial charge in [0.15, 0.2) is 0 Å². The summed E-state index contributed by atoms with van der Waals surface area (Å²) in [5.74, 6) is 0.478. The van der Waals surface area contributed by atoms with Gasteiger partial charge in [0, 0.05) is 46.4 Å². The minimum absolute atomic E-state index is 0.00917. The SMILES string of the molecule is CCC.COC(=O)C(C)C(C)c1cc(C)on1.COC(=O)C(C)C(C)c1noc(C)c1C.COC(=O)C(C)C(C)c1noc(C)c1C.Cc1onc(C(C)C(C)C(=O)O)c1C. The van der Waals surface area contributed by atoms with Gasteiger partial charge in [-0.3, -0.25) is 19.2 Å². The van der Waals surface area contributed by atoms with E-state index in [0.29, 0.717) is 0 Å². The maximum Gasteiger partial charge on any atom is 0.309 e. The van der Waals surface area contributed by atoms with Crippen molar-refractivity contribution in [2.75, 3.05) is 21.3 Å². The van der Waals surface area contributed by atoms with Crippen molar-refractivity contribution in [1.29, 1.82) is 0 Å². The number of rotatable bonds is 12. The van der Waals surface area contributed by atoms with Crippen LogP contribution in [0.3, 0.4) is 0 Å². The van der Waals surface area contributed by atoms with Crippen molar-refractivity contribution < 1.29 is 56.6 Å². The van der Waals surface area contributed by atoms with E-state index in [1.54, 1.807) is 6.92 Å². The van der Waals surface area contributed by atoms with E-state index in [2.05, 4.69) is 39.2 Å². The number of nitrogens with zero attached hydrogens (tertiary/aromatic N) is 4. The van der Waals surface area contributed by atoms with E-state index in [4.69, 9.17) is 32.7 Å². The first-order valence-corrected chi connectivity index (χ1v) is 20.6. The van der Waals surface area contributed by atoms with Gasteiger partial charge in [0.25, 0.3) is 0 Å². The van der Waals surface area contributed by atoms with Gasteiger partial charge >= 0.3 is 23.9 Å². The van der Waals surface area contributed by atoms with E-state index in [-0.39, 0.29) is 59.3 Å². The normalized spacial score (nSPS) is 14.4. The van der Waals surface area contributed by atoms with Gasteiger partial charge in [0.05, 0.1) is 67.8 Å². The molecule has 0 amide bonds. The molecule has 8 atom stereocenters. The third-order valence-corrected chi connectivity index (χ3v) is 11.1. The van der Waals surface area contributed by atoms with Crippen molar-refractivity contribution in [3.8, 4) is 0 Å². The fraction of sp³-hybridized carbons (Fsp3) is 0.644. The average Bonchev–Trinajstić information content (AvgIpc) is 4.02. The number of methoxy groups -OCH3 is 3. The minimum Gasteiger partial charge on any atom is -0.481 e. The lowest BCUT2D eigenvalue weighted by molar-refractivity contribution is -0.146. The number of aromatic nitrogens is 4. The van der Waals surface area contributed by atoms with E-state index in [1.165, 1.54) is 27.8 Å². The van der Waals surface area contributed by atoms with Crippen molar-refractivity contribution in [3.05, 3.63) is 68.6 Å². The fourth-order valence-corrected chi connectivity index (χ4v) is 5.53. The highest BCUT2D eigenvalue weighted by Crippen LogP contribution is 2.30. The summed E-state index contributed by atoms with van der Waals surface area (Å²) in [6.45, 7) is 32.3. The molecule has 0 aliphatic heterocycles. The molecule has 4 rings (SSSR count). The van der Waals surface area contributed by atoms with Gasteiger partial charge in [0.1, 0.15) is 23.0 Å². The van der Waals surface area contributed by atoms with Crippen LogP contribution in [0.4, 0.5) is 0 Å². The molecular formula is C45H72N4O12. The summed E-state index contributed by atoms with van der Waals surface area (Å²) in [6.07, 6.45) is 1.25. The van der Waals surface area contributed by atoms with Crippen LogP contribution in [-0.4, -0.2) is 70.9 Å². The van der Waals surface area contributed by atoms with Gasteiger partial charge in [-0.15, -0.1) is 0 Å². The van der Waals surface area contributed by atoms with Crippen molar-refractivity contribution in [3.63, 3.8) is 0 Å². The van der Waals surface area contributed by atoms with Crippen LogP contribution in [0.25, 0.3) is 0 Å². The molecule has 0 saturated carbocycles. The van der Waals surface area contributed by atoms with Crippen LogP contribution < -0.4 is 0 Å². The van der Waals surface area contributed by atoms with E-state index in [1.807, 2.05) is 103 Å². The van der Waals surface area contributed by atoms with Crippen LogP contribution in [-0.2, 0) is 33.4 Å². The predicted molar refractivity (Wildman–Crippen MR) is 229 cm³/mol. The molecule has 61 heavy (non-hydrogen) atoms. The lowest BCUT2D eigenvalue weighted by Gasteiger charge is -2.15. The maximum atomic E-state index is 11.4. The minimum atomic E-state index is -0.808. The largest absolute Gasteiger partial charge is 0.481 e. The molecule has 0 radical (unpaired) electrons. The third-order valence-electron chi connectivity index (χ3n) is 11.1. The summed E-state index contributed by atoms with van der Waals surface area (Å²) >= 11 is 0. The molecule has 0 fully saturated rings. The van der Waals surface area contributed by atoms with Gasteiger partial charge in [-0.05, 0) is 48.5 Å². The lowest BCUT2D eigenvalue weighted by atomic mass is 9.91. The summed E-state index contributed by atoms with van der Waals surface area (Å²) in [5, 5.41) is 24.5. The van der Waals surface area contributed by atoms with E-state index >= 15 is 0 Å². The van der Waals surface area contributed by atoms with Gasteiger partial charge in [-0.25, -0.2) is 0 Å². The molecule has 4 aromatic rings. The summed E-state index contributed by atoms with van der Waals surface area (Å²) in [5.41, 5.74) is 6.19. The van der Waals surface area contributed by atoms with Gasteiger partial charge < -0.3 is 37.4 Å². The van der Waals surface area contributed by atoms with E-state index in [9.17, 15) is 19.2 Å². The first-order valence-electron chi connectivity index (χ1n) is 20.6. The number of carboxylic acids is 1. The highest BCUT2D eigenvalue weighted by Gasteiger charge is 2.29. The molecule has 4 heterocycles. The number of esters is 3. The summed E-state index contributed by atoms with van der Waals surface area (Å²) < 4.78 is 34.2. The number of hydrogen-bond donors (Lipinski definition) is 1. The zero-order valence-electron chi connectivity index (χ0n) is 40.1. The van der Waals surface area contributed by atoms with Crippen LogP contribution in [0.5, 0.6) is 0 Å².